The Bertz CT molecular complexity index is 372. The molecular weight excluding hydrogens is 520 g/mol. The topological polar surface area (TPSA) is 460 Å². The van der Waals surface area contributed by atoms with Crippen LogP contribution in [0, 0.1) is 0 Å². The largest absolute Gasteiger partial charge is 2.00 e. The van der Waals surface area contributed by atoms with Crippen LogP contribution in [0.15, 0.2) is 0 Å². The van der Waals surface area contributed by atoms with E-state index in [1.807, 2.05) is 0 Å². The van der Waals surface area contributed by atoms with Gasteiger partial charge in [0, 0.05) is 0 Å². The van der Waals surface area contributed by atoms with Crippen LogP contribution in [-0.2, 0) is 0 Å². The van der Waals surface area contributed by atoms with Crippen molar-refractivity contribution in [3.05, 3.63) is 0 Å². The first-order valence-corrected chi connectivity index (χ1v) is 5.21. The molecule has 0 spiro atoms. The second-order valence-corrected chi connectivity index (χ2v) is 2.26. The maximum Gasteiger partial charge on any atom is 2.00 e. The van der Waals surface area contributed by atoms with Gasteiger partial charge in [0.15, 0.2) is 0 Å². The van der Waals surface area contributed by atoms with Crippen LogP contribution in [0.2, 0.25) is 0 Å². The van der Waals surface area contributed by atoms with Crippen LogP contribution in [0.25, 0.3) is 0 Å². The molecule has 0 aliphatic carbocycles. The van der Waals surface area contributed by atoms with Crippen molar-refractivity contribution in [1.29, 1.82) is 0 Å². The molecule has 0 atom stereocenters. The van der Waals surface area contributed by atoms with Gasteiger partial charge in [0.2, 0.25) is 0 Å². The molecular formula is C8H18CaO24. The predicted octanol–water partition coefficient (Wildman–Crippen LogP) is 1.62. The van der Waals surface area contributed by atoms with E-state index in [1.54, 1.807) is 0 Å². The second kappa shape index (κ2) is 50.7. The molecule has 33 heavy (non-hydrogen) atoms. The Balaban J connectivity index is -0.0000000206. The third kappa shape index (κ3) is 845. The Morgan fingerprint density at radius 1 is 0.242 bits per heavy atom. The molecule has 16 N–H and O–H groups in total. The monoisotopic (exact) mass is 538 g/mol. The Labute approximate surface area is 209 Å². The first-order valence-electron chi connectivity index (χ1n) is 5.21. The number of rotatable bonds is 0. The summed E-state index contributed by atoms with van der Waals surface area (Å²) in [5.74, 6) is 0. The van der Waals surface area contributed by atoms with E-state index in [0.717, 1.165) is 0 Å². The fourth-order valence-electron chi connectivity index (χ4n) is 0. The molecule has 0 aromatic heterocycles. The van der Waals surface area contributed by atoms with E-state index < -0.39 is 49.2 Å². The third-order valence-corrected chi connectivity index (χ3v) is 0. The van der Waals surface area contributed by atoms with Gasteiger partial charge in [-0.3, -0.25) is 0 Å². The molecule has 25 heteroatoms. The summed E-state index contributed by atoms with van der Waals surface area (Å²) in [4.78, 5) is 68.4. The van der Waals surface area contributed by atoms with Crippen molar-refractivity contribution in [2.24, 2.45) is 0 Å². The van der Waals surface area contributed by atoms with Crippen molar-refractivity contribution in [2.75, 3.05) is 0 Å². The van der Waals surface area contributed by atoms with Gasteiger partial charge in [-0.1, -0.05) is 0 Å². The van der Waals surface area contributed by atoms with E-state index in [0.29, 0.717) is 0 Å². The van der Waals surface area contributed by atoms with E-state index in [4.69, 9.17) is 120 Å². The zero-order valence-corrected chi connectivity index (χ0v) is 17.3. The van der Waals surface area contributed by atoms with Gasteiger partial charge in [0.25, 0.3) is 0 Å². The van der Waals surface area contributed by atoms with Crippen molar-refractivity contribution in [1.82, 2.24) is 0 Å². The van der Waals surface area contributed by atoms with Crippen molar-refractivity contribution < 1.29 is 123 Å². The summed E-state index contributed by atoms with van der Waals surface area (Å²) in [5.41, 5.74) is 0. The summed E-state index contributed by atoms with van der Waals surface area (Å²) in [5, 5.41) is 112. The van der Waals surface area contributed by atoms with Crippen LogP contribution in [-0.4, -0.2) is 169 Å². The first kappa shape index (κ1) is 56.7. The van der Waals surface area contributed by atoms with E-state index in [9.17, 15) is 0 Å². The van der Waals surface area contributed by atoms with Crippen LogP contribution >= 0.6 is 0 Å². The molecule has 0 heterocycles. The van der Waals surface area contributed by atoms with E-state index in [1.165, 1.54) is 0 Å². The van der Waals surface area contributed by atoms with Crippen molar-refractivity contribution in [3.63, 3.8) is 0 Å². The van der Waals surface area contributed by atoms with Gasteiger partial charge in [-0.15, -0.1) is 0 Å². The summed E-state index contributed by atoms with van der Waals surface area (Å²) in [6.07, 6.45) is -14.7. The molecule has 0 aromatic rings. The zero-order chi connectivity index (χ0) is 28.6. The molecule has 0 radical (unpaired) electrons. The Morgan fingerprint density at radius 2 is 0.242 bits per heavy atom. The minimum atomic E-state index is -1.83. The number of carbonyl (C=O) groups is 8. The minimum absolute atomic E-state index is 0. The first-order chi connectivity index (χ1) is 13.9. The fraction of sp³-hybridized carbons (Fsp3) is 0. The van der Waals surface area contributed by atoms with Gasteiger partial charge < -0.3 is 84.6 Å². The van der Waals surface area contributed by atoms with E-state index in [2.05, 4.69) is 0 Å². The van der Waals surface area contributed by atoms with Gasteiger partial charge in [-0.25, -0.2) is 38.4 Å². The molecule has 0 saturated heterocycles. The summed E-state index contributed by atoms with van der Waals surface area (Å²) >= 11 is 0. The van der Waals surface area contributed by atoms with Crippen LogP contribution in [0.3, 0.4) is 0 Å². The van der Waals surface area contributed by atoms with Crippen molar-refractivity contribution >= 4 is 87.0 Å². The molecule has 0 aliphatic heterocycles. The average Bonchev–Trinajstić information content (AvgIpc) is 2.30. The Morgan fingerprint density at radius 3 is 0.242 bits per heavy atom. The molecule has 0 aliphatic rings. The summed E-state index contributed by atoms with van der Waals surface area (Å²) in [6.45, 7) is 0. The van der Waals surface area contributed by atoms with Crippen LogP contribution in [0.1, 0.15) is 2.85 Å². The van der Waals surface area contributed by atoms with Crippen LogP contribution in [0.5, 0.6) is 0 Å². The molecule has 0 fully saturated rings. The smallest absolute Gasteiger partial charge is 1.00 e. The molecule has 0 saturated carbocycles. The van der Waals surface area contributed by atoms with Crippen molar-refractivity contribution in [3.8, 4) is 0 Å². The average molecular weight is 538 g/mol. The maximum atomic E-state index is 8.56. The zero-order valence-electron chi connectivity index (χ0n) is 17.1. The number of hydrogen-bond acceptors (Lipinski definition) is 8. The Kier molecular flexibility index (Phi) is 87.1. The SMILES string of the molecule is O=C(O)O.O=C(O)O.O=C(O)O.O=C(O)O.O=C(O)O.O=C(O)O.O=C(O)O.O=C(O)O.[Ca+2].[H-].[H-]. The standard InChI is InChI=1S/8CH2O3.Ca.2H/c8*2-1(3)4;;;/h8*(H2,2,3,4);;;/q;;;;;;;;+2;2*-1. The summed E-state index contributed by atoms with van der Waals surface area (Å²) < 4.78 is 0. The van der Waals surface area contributed by atoms with Gasteiger partial charge >= 0.3 is 87.0 Å². The molecule has 24 nitrogen and oxygen atoms in total. The fourth-order valence-corrected chi connectivity index (χ4v) is 0. The van der Waals surface area contributed by atoms with E-state index in [-0.39, 0.29) is 40.6 Å². The Hall–Kier alpha value is -4.58. The van der Waals surface area contributed by atoms with Crippen LogP contribution < -0.4 is 0 Å². The van der Waals surface area contributed by atoms with Crippen molar-refractivity contribution in [2.45, 2.75) is 0 Å². The molecule has 196 valence electrons. The molecule has 0 rings (SSSR count). The quantitative estimate of drug-likeness (QED) is 0.195. The van der Waals surface area contributed by atoms with Crippen LogP contribution in [0.4, 0.5) is 38.4 Å². The molecule has 0 bridgehead atoms. The number of carboxylic acid groups (broad SMARTS) is 16. The van der Waals surface area contributed by atoms with Gasteiger partial charge in [-0.2, -0.15) is 0 Å². The molecule has 0 amide bonds. The second-order valence-electron chi connectivity index (χ2n) is 2.26. The predicted molar refractivity (Wildman–Crippen MR) is 93.2 cm³/mol. The summed E-state index contributed by atoms with van der Waals surface area (Å²) in [6, 6.07) is 0. The summed E-state index contributed by atoms with van der Waals surface area (Å²) in [7, 11) is 0. The third-order valence-electron chi connectivity index (χ3n) is 0. The normalized spacial score (nSPS) is 5.82. The van der Waals surface area contributed by atoms with Gasteiger partial charge in [0.1, 0.15) is 0 Å². The minimum Gasteiger partial charge on any atom is -1.00 e. The maximum absolute atomic E-state index is 8.56. The van der Waals surface area contributed by atoms with Gasteiger partial charge in [0.05, 0.1) is 0 Å². The van der Waals surface area contributed by atoms with E-state index >= 15 is 0 Å². The van der Waals surface area contributed by atoms with Gasteiger partial charge in [-0.05, 0) is 0 Å². The molecule has 0 aromatic carbocycles. The number of hydrogen-bond donors (Lipinski definition) is 16. The molecule has 0 unspecified atom stereocenters.